The van der Waals surface area contributed by atoms with Crippen LogP contribution in [0.1, 0.15) is 37.5 Å². The molecule has 4 aromatic carbocycles. The van der Waals surface area contributed by atoms with Crippen molar-refractivity contribution in [2.24, 2.45) is 7.05 Å². The van der Waals surface area contributed by atoms with Crippen LogP contribution >= 0.6 is 0 Å². The molecule has 0 N–H and O–H groups in total. The van der Waals surface area contributed by atoms with Gasteiger partial charge in [0.15, 0.2) is 6.20 Å². The van der Waals surface area contributed by atoms with Crippen LogP contribution in [0.4, 0.5) is 0 Å². The number of hydrogen-bond acceptors (Lipinski definition) is 0. The Morgan fingerprint density at radius 3 is 2.00 bits per heavy atom. The van der Waals surface area contributed by atoms with E-state index in [1.807, 2.05) is 0 Å². The van der Waals surface area contributed by atoms with Gasteiger partial charge in [-0.05, 0) is 50.6 Å². The lowest BCUT2D eigenvalue weighted by atomic mass is 9.86. The van der Waals surface area contributed by atoms with Gasteiger partial charge >= 0.3 is 0 Å². The number of aryl methyl sites for hydroxylation is 1. The number of aromatic nitrogens is 1. The zero-order chi connectivity index (χ0) is 24.4. The van der Waals surface area contributed by atoms with Crippen LogP contribution in [-0.4, -0.2) is 0 Å². The summed E-state index contributed by atoms with van der Waals surface area (Å²) in [6.07, 6.45) is 6.72. The molecule has 36 heavy (non-hydrogen) atoms. The predicted octanol–water partition coefficient (Wildman–Crippen LogP) is 5.47. The van der Waals surface area contributed by atoms with Crippen LogP contribution < -0.4 is 28.5 Å². The highest BCUT2D eigenvalue weighted by atomic mass is 127. The average Bonchev–Trinajstić information content (AvgIpc) is 2.88. The molecule has 1 nitrogen and oxygen atoms in total. The quantitative estimate of drug-likeness (QED) is 0.196. The van der Waals surface area contributed by atoms with E-state index in [0.717, 1.165) is 0 Å². The molecule has 0 saturated carbocycles. The van der Waals surface area contributed by atoms with Crippen LogP contribution in [0.2, 0.25) is 0 Å². The van der Waals surface area contributed by atoms with Crippen molar-refractivity contribution in [1.29, 1.82) is 0 Å². The van der Waals surface area contributed by atoms with E-state index in [1.54, 1.807) is 0 Å². The van der Waals surface area contributed by atoms with E-state index in [-0.39, 0.29) is 29.4 Å². The second-order valence-electron chi connectivity index (χ2n) is 10.3. The van der Waals surface area contributed by atoms with Crippen LogP contribution in [0.25, 0.3) is 45.3 Å². The van der Waals surface area contributed by atoms with E-state index in [1.165, 1.54) is 49.8 Å². The van der Waals surface area contributed by atoms with Crippen molar-refractivity contribution in [3.63, 3.8) is 0 Å². The molecule has 0 amide bonds. The standard InChI is InChI=1S/C34H32N.HI/c1-34(2,3)31-20-15-25(16-21-31)14-17-29-23-33(30-19-18-26-10-8-9-13-28(26)22-30)35(4)24-32(29)27-11-6-5-7-12-27;/h5-24H,1-4H3;1H/q+1;/p-1/b17-14+;. The summed E-state index contributed by atoms with van der Waals surface area (Å²) in [5, 5.41) is 2.52. The molecule has 0 aliphatic heterocycles. The van der Waals surface area contributed by atoms with Gasteiger partial charge in [0.05, 0.1) is 5.56 Å². The molecule has 0 bridgehead atoms. The van der Waals surface area contributed by atoms with E-state index in [4.69, 9.17) is 0 Å². The third-order valence-electron chi connectivity index (χ3n) is 6.67. The Morgan fingerprint density at radius 1 is 0.639 bits per heavy atom. The van der Waals surface area contributed by atoms with Crippen molar-refractivity contribution in [3.8, 4) is 22.4 Å². The number of pyridine rings is 1. The van der Waals surface area contributed by atoms with Gasteiger partial charge in [0, 0.05) is 11.6 Å². The third-order valence-corrected chi connectivity index (χ3v) is 6.67. The minimum Gasteiger partial charge on any atom is -1.00 e. The second kappa shape index (κ2) is 10.8. The normalized spacial score (nSPS) is 11.6. The molecule has 1 heterocycles. The van der Waals surface area contributed by atoms with Gasteiger partial charge in [0.25, 0.3) is 0 Å². The van der Waals surface area contributed by atoms with E-state index in [9.17, 15) is 0 Å². The lowest BCUT2D eigenvalue weighted by molar-refractivity contribution is -0.659. The maximum Gasteiger partial charge on any atom is 0.212 e. The Kier molecular flexibility index (Phi) is 7.75. The second-order valence-corrected chi connectivity index (χ2v) is 10.3. The van der Waals surface area contributed by atoms with Crippen LogP contribution in [0.3, 0.4) is 0 Å². The highest BCUT2D eigenvalue weighted by molar-refractivity contribution is 5.87. The van der Waals surface area contributed by atoms with Crippen LogP contribution in [0.15, 0.2) is 109 Å². The largest absolute Gasteiger partial charge is 1.00 e. The number of halogens is 1. The first kappa shape index (κ1) is 25.8. The van der Waals surface area contributed by atoms with E-state index >= 15 is 0 Å². The fourth-order valence-corrected chi connectivity index (χ4v) is 4.58. The molecular weight excluding hydrogens is 549 g/mol. The van der Waals surface area contributed by atoms with Gasteiger partial charge in [-0.25, -0.2) is 4.57 Å². The van der Waals surface area contributed by atoms with Gasteiger partial charge in [0.2, 0.25) is 5.69 Å². The van der Waals surface area contributed by atoms with Crippen molar-refractivity contribution >= 4 is 22.9 Å². The van der Waals surface area contributed by atoms with Gasteiger partial charge in [-0.15, -0.1) is 0 Å². The lowest BCUT2D eigenvalue weighted by Gasteiger charge is -2.18. The summed E-state index contributed by atoms with van der Waals surface area (Å²) < 4.78 is 2.24. The Hall–Kier alpha value is -3.24. The van der Waals surface area contributed by atoms with E-state index < -0.39 is 0 Å². The summed E-state index contributed by atoms with van der Waals surface area (Å²) in [6, 6.07) is 37.1. The fraction of sp³-hybridized carbons (Fsp3) is 0.147. The Morgan fingerprint density at radius 2 is 1.31 bits per heavy atom. The zero-order valence-corrected chi connectivity index (χ0v) is 23.5. The highest BCUT2D eigenvalue weighted by Gasteiger charge is 2.17. The monoisotopic (exact) mass is 581 g/mol. The first-order valence-electron chi connectivity index (χ1n) is 12.3. The van der Waals surface area contributed by atoms with Crippen molar-refractivity contribution < 1.29 is 28.5 Å². The topological polar surface area (TPSA) is 3.88 Å². The smallest absolute Gasteiger partial charge is 0.212 e. The molecule has 0 radical (unpaired) electrons. The summed E-state index contributed by atoms with van der Waals surface area (Å²) in [5.74, 6) is 0. The average molecular weight is 582 g/mol. The Bertz CT molecular complexity index is 1510. The number of hydrogen-bond donors (Lipinski definition) is 0. The van der Waals surface area contributed by atoms with Gasteiger partial charge in [-0.1, -0.05) is 118 Å². The van der Waals surface area contributed by atoms with Crippen LogP contribution in [-0.2, 0) is 12.5 Å². The van der Waals surface area contributed by atoms with Gasteiger partial charge in [-0.3, -0.25) is 0 Å². The fourth-order valence-electron chi connectivity index (χ4n) is 4.58. The van der Waals surface area contributed by atoms with Crippen molar-refractivity contribution in [2.75, 3.05) is 0 Å². The zero-order valence-electron chi connectivity index (χ0n) is 21.4. The van der Waals surface area contributed by atoms with Crippen LogP contribution in [0.5, 0.6) is 0 Å². The van der Waals surface area contributed by atoms with E-state index in [0.29, 0.717) is 0 Å². The molecular formula is C34H32IN. The maximum atomic E-state index is 2.31. The molecule has 180 valence electrons. The van der Waals surface area contributed by atoms with Crippen LogP contribution in [0, 0.1) is 0 Å². The summed E-state index contributed by atoms with van der Waals surface area (Å²) in [5.41, 5.74) is 8.77. The van der Waals surface area contributed by atoms with E-state index in [2.05, 4.69) is 154 Å². The molecule has 0 fully saturated rings. The summed E-state index contributed by atoms with van der Waals surface area (Å²) in [6.45, 7) is 6.76. The minimum absolute atomic E-state index is 0. The molecule has 0 atom stereocenters. The minimum atomic E-state index is 0. The molecule has 0 aliphatic rings. The lowest BCUT2D eigenvalue weighted by Crippen LogP contribution is -3.00. The third kappa shape index (κ3) is 5.60. The number of benzene rings is 4. The van der Waals surface area contributed by atoms with Gasteiger partial charge in [0.1, 0.15) is 7.05 Å². The van der Waals surface area contributed by atoms with Crippen molar-refractivity contribution in [2.45, 2.75) is 26.2 Å². The first-order chi connectivity index (χ1) is 16.9. The maximum absolute atomic E-state index is 2.31. The number of nitrogens with zero attached hydrogens (tertiary/aromatic N) is 1. The Labute approximate surface area is 232 Å². The summed E-state index contributed by atoms with van der Waals surface area (Å²) in [4.78, 5) is 0. The summed E-state index contributed by atoms with van der Waals surface area (Å²) >= 11 is 0. The molecule has 0 unspecified atom stereocenters. The molecule has 1 aromatic heterocycles. The molecule has 2 heteroatoms. The highest BCUT2D eigenvalue weighted by Crippen LogP contribution is 2.29. The first-order valence-corrected chi connectivity index (χ1v) is 12.3. The SMILES string of the molecule is C[n+]1cc(-c2ccccc2)c(/C=C/c2ccc(C(C)(C)C)cc2)cc1-c1ccc2ccccc2c1.[I-]. The molecule has 0 aliphatic carbocycles. The molecule has 5 aromatic rings. The summed E-state index contributed by atoms with van der Waals surface area (Å²) in [7, 11) is 2.13. The Balaban J connectivity index is 0.00000304. The molecule has 5 rings (SSSR count). The predicted molar refractivity (Wildman–Crippen MR) is 150 cm³/mol. The van der Waals surface area contributed by atoms with Gasteiger partial charge < -0.3 is 24.0 Å². The molecule has 0 saturated heterocycles. The van der Waals surface area contributed by atoms with Crippen molar-refractivity contribution in [3.05, 3.63) is 126 Å². The number of fused-ring (bicyclic) bond motifs is 1. The molecule has 0 spiro atoms. The van der Waals surface area contributed by atoms with Gasteiger partial charge in [-0.2, -0.15) is 0 Å². The number of rotatable bonds is 4. The van der Waals surface area contributed by atoms with Crippen molar-refractivity contribution in [1.82, 2.24) is 0 Å².